The molecule has 1 fully saturated rings. The van der Waals surface area contributed by atoms with Crippen LogP contribution in [0.3, 0.4) is 0 Å². The van der Waals surface area contributed by atoms with Gasteiger partial charge in [0, 0.05) is 41.9 Å². The van der Waals surface area contributed by atoms with Crippen molar-refractivity contribution in [2.45, 2.75) is 43.7 Å². The third-order valence-corrected chi connectivity index (χ3v) is 7.31. The molecule has 31 heavy (non-hydrogen) atoms. The van der Waals surface area contributed by atoms with Crippen LogP contribution in [0.1, 0.15) is 34.6 Å². The molecule has 0 radical (unpaired) electrons. The van der Waals surface area contributed by atoms with Gasteiger partial charge in [-0.25, -0.2) is 0 Å². The molecule has 1 saturated heterocycles. The molecular formula is C22H26N4O3S2. The van der Waals surface area contributed by atoms with Gasteiger partial charge in [-0.2, -0.15) is 0 Å². The number of aryl methyl sites for hydroxylation is 1. The molecule has 1 aromatic carbocycles. The van der Waals surface area contributed by atoms with Crippen molar-refractivity contribution in [1.82, 2.24) is 14.8 Å². The van der Waals surface area contributed by atoms with Crippen molar-refractivity contribution in [3.8, 4) is 5.75 Å². The van der Waals surface area contributed by atoms with Crippen LogP contribution in [0, 0.1) is 13.8 Å². The number of ether oxygens (including phenoxy) is 2. The van der Waals surface area contributed by atoms with Gasteiger partial charge in [-0.1, -0.05) is 29.2 Å². The molecule has 0 amide bonds. The number of hydrogen-bond acceptors (Lipinski definition) is 8. The minimum atomic E-state index is 0.106. The van der Waals surface area contributed by atoms with Crippen molar-refractivity contribution in [2.24, 2.45) is 0 Å². The number of Topliss-reactive ketones (excluding diaryl/α,β-unsaturated/α-hetero) is 1. The fraction of sp³-hybridized carbons (Fsp3) is 0.409. The van der Waals surface area contributed by atoms with E-state index in [-0.39, 0.29) is 11.9 Å². The summed E-state index contributed by atoms with van der Waals surface area (Å²) in [5.41, 5.74) is 3.77. The molecule has 4 rings (SSSR count). The SMILES string of the molecule is COc1cccc(Nc2nnc(SCC(=O)c3cc(C)n(CC4CCCO4)c3C)s2)c1. The third kappa shape index (κ3) is 5.28. The zero-order chi connectivity index (χ0) is 21.8. The highest BCUT2D eigenvalue weighted by molar-refractivity contribution is 8.01. The fourth-order valence-electron chi connectivity index (χ4n) is 3.70. The Hall–Kier alpha value is -2.36. The lowest BCUT2D eigenvalue weighted by Crippen LogP contribution is -2.17. The van der Waals surface area contributed by atoms with Gasteiger partial charge in [0.2, 0.25) is 5.13 Å². The Bertz CT molecular complexity index is 1060. The quantitative estimate of drug-likeness (QED) is 0.362. The molecule has 1 N–H and O–H groups in total. The summed E-state index contributed by atoms with van der Waals surface area (Å²) in [6.45, 7) is 5.71. The lowest BCUT2D eigenvalue weighted by molar-refractivity contribution is 0.0957. The van der Waals surface area contributed by atoms with E-state index in [0.717, 1.165) is 58.7 Å². The zero-order valence-corrected chi connectivity index (χ0v) is 19.5. The van der Waals surface area contributed by atoms with Crippen molar-refractivity contribution < 1.29 is 14.3 Å². The topological polar surface area (TPSA) is 78.3 Å². The summed E-state index contributed by atoms with van der Waals surface area (Å²) in [4.78, 5) is 12.9. The number of aromatic nitrogens is 3. The van der Waals surface area contributed by atoms with Crippen LogP contribution >= 0.6 is 23.1 Å². The highest BCUT2D eigenvalue weighted by atomic mass is 32.2. The zero-order valence-electron chi connectivity index (χ0n) is 17.9. The molecule has 1 aliphatic heterocycles. The van der Waals surface area contributed by atoms with Crippen LogP contribution in [0.5, 0.6) is 5.75 Å². The Morgan fingerprint density at radius 1 is 1.35 bits per heavy atom. The average molecular weight is 459 g/mol. The molecule has 0 spiro atoms. The highest BCUT2D eigenvalue weighted by Gasteiger charge is 2.21. The normalized spacial score (nSPS) is 15.9. The minimum Gasteiger partial charge on any atom is -0.497 e. The lowest BCUT2D eigenvalue weighted by atomic mass is 10.2. The van der Waals surface area contributed by atoms with E-state index in [4.69, 9.17) is 9.47 Å². The van der Waals surface area contributed by atoms with Crippen molar-refractivity contribution in [3.05, 3.63) is 47.3 Å². The van der Waals surface area contributed by atoms with E-state index in [1.54, 1.807) is 7.11 Å². The van der Waals surface area contributed by atoms with Gasteiger partial charge in [0.15, 0.2) is 10.1 Å². The van der Waals surface area contributed by atoms with Gasteiger partial charge >= 0.3 is 0 Å². The predicted octanol–water partition coefficient (Wildman–Crippen LogP) is 4.86. The van der Waals surface area contributed by atoms with Gasteiger partial charge in [-0.15, -0.1) is 10.2 Å². The molecule has 0 aliphatic carbocycles. The summed E-state index contributed by atoms with van der Waals surface area (Å²) < 4.78 is 14.0. The molecule has 0 bridgehead atoms. The van der Waals surface area contributed by atoms with Crippen molar-refractivity contribution in [3.63, 3.8) is 0 Å². The summed E-state index contributed by atoms with van der Waals surface area (Å²) in [5.74, 6) is 1.21. The first kappa shape index (κ1) is 21.9. The molecule has 2 aromatic heterocycles. The van der Waals surface area contributed by atoms with E-state index in [1.807, 2.05) is 44.2 Å². The number of hydrogen-bond donors (Lipinski definition) is 1. The second kappa shape index (κ2) is 9.84. The molecule has 0 saturated carbocycles. The van der Waals surface area contributed by atoms with Crippen LogP contribution in [0.4, 0.5) is 10.8 Å². The van der Waals surface area contributed by atoms with Gasteiger partial charge in [0.25, 0.3) is 0 Å². The van der Waals surface area contributed by atoms with Gasteiger partial charge in [0.05, 0.1) is 19.0 Å². The number of benzene rings is 1. The summed E-state index contributed by atoms with van der Waals surface area (Å²) >= 11 is 2.84. The van der Waals surface area contributed by atoms with Crippen molar-refractivity contribution in [1.29, 1.82) is 0 Å². The second-order valence-electron chi connectivity index (χ2n) is 7.47. The molecule has 7 nitrogen and oxygen atoms in total. The van der Waals surface area contributed by atoms with Crippen LogP contribution in [0.15, 0.2) is 34.7 Å². The number of rotatable bonds is 9. The monoisotopic (exact) mass is 458 g/mol. The van der Waals surface area contributed by atoms with Crippen LogP contribution in [-0.2, 0) is 11.3 Å². The summed E-state index contributed by atoms with van der Waals surface area (Å²) in [6.07, 6.45) is 2.45. The van der Waals surface area contributed by atoms with Crippen molar-refractivity contribution in [2.75, 3.05) is 24.8 Å². The Labute approximate surface area is 190 Å². The van der Waals surface area contributed by atoms with E-state index < -0.39 is 0 Å². The Kier molecular flexibility index (Phi) is 6.94. The molecule has 164 valence electrons. The number of carbonyl (C=O) groups is 1. The molecule has 3 heterocycles. The van der Waals surface area contributed by atoms with E-state index in [0.29, 0.717) is 10.9 Å². The van der Waals surface area contributed by atoms with E-state index in [9.17, 15) is 4.79 Å². The van der Waals surface area contributed by atoms with E-state index in [1.165, 1.54) is 23.1 Å². The summed E-state index contributed by atoms with van der Waals surface area (Å²) in [6, 6.07) is 9.61. The van der Waals surface area contributed by atoms with Crippen LogP contribution < -0.4 is 10.1 Å². The van der Waals surface area contributed by atoms with Crippen LogP contribution in [-0.4, -0.2) is 46.1 Å². The molecule has 1 unspecified atom stereocenters. The number of nitrogens with zero attached hydrogens (tertiary/aromatic N) is 3. The number of thioether (sulfide) groups is 1. The highest BCUT2D eigenvalue weighted by Crippen LogP contribution is 2.30. The van der Waals surface area contributed by atoms with E-state index >= 15 is 0 Å². The fourth-order valence-corrected chi connectivity index (χ4v) is 5.36. The van der Waals surface area contributed by atoms with Crippen LogP contribution in [0.25, 0.3) is 0 Å². The number of anilines is 2. The first-order chi connectivity index (χ1) is 15.0. The Morgan fingerprint density at radius 2 is 2.23 bits per heavy atom. The van der Waals surface area contributed by atoms with E-state index in [2.05, 4.69) is 20.1 Å². The Morgan fingerprint density at radius 3 is 3.00 bits per heavy atom. The van der Waals surface area contributed by atoms with Gasteiger partial charge in [0.1, 0.15) is 5.75 Å². The average Bonchev–Trinajstić information content (AvgIpc) is 3.50. The maximum atomic E-state index is 12.9. The molecule has 1 aliphatic rings. The number of nitrogens with one attached hydrogen (secondary N) is 1. The lowest BCUT2D eigenvalue weighted by Gasteiger charge is -2.14. The Balaban J connectivity index is 1.36. The first-order valence-electron chi connectivity index (χ1n) is 10.2. The summed E-state index contributed by atoms with van der Waals surface area (Å²) in [5, 5.41) is 12.3. The third-order valence-electron chi connectivity index (χ3n) is 5.34. The predicted molar refractivity (Wildman–Crippen MR) is 124 cm³/mol. The number of carbonyl (C=O) groups excluding carboxylic acids is 1. The van der Waals surface area contributed by atoms with Gasteiger partial charge < -0.3 is 19.4 Å². The smallest absolute Gasteiger partial charge is 0.210 e. The van der Waals surface area contributed by atoms with Gasteiger partial charge in [-0.3, -0.25) is 4.79 Å². The maximum Gasteiger partial charge on any atom is 0.210 e. The number of ketones is 1. The molecule has 3 aromatic rings. The van der Waals surface area contributed by atoms with Crippen molar-refractivity contribution >= 4 is 39.7 Å². The summed E-state index contributed by atoms with van der Waals surface area (Å²) in [7, 11) is 1.63. The molecule has 9 heteroatoms. The first-order valence-corrected chi connectivity index (χ1v) is 12.0. The number of methoxy groups -OCH3 is 1. The second-order valence-corrected chi connectivity index (χ2v) is 9.67. The maximum absolute atomic E-state index is 12.9. The van der Waals surface area contributed by atoms with Gasteiger partial charge in [-0.05, 0) is 44.9 Å². The minimum absolute atomic E-state index is 0.106. The standard InChI is InChI=1S/C22H26N4O3S2/c1-14-10-19(15(2)26(14)12-18-8-5-9-29-18)20(27)13-30-22-25-24-21(31-22)23-16-6-4-7-17(11-16)28-3/h4,6-7,10-11,18H,5,8-9,12-13H2,1-3H3,(H,23,24). The van der Waals surface area contributed by atoms with Crippen LogP contribution in [0.2, 0.25) is 0 Å². The molecular weight excluding hydrogens is 432 g/mol. The molecule has 1 atom stereocenters. The largest absolute Gasteiger partial charge is 0.497 e.